The molecule has 1 aliphatic heterocycles. The van der Waals surface area contributed by atoms with Crippen molar-refractivity contribution < 1.29 is 24.2 Å². The molecule has 25 heavy (non-hydrogen) atoms. The van der Waals surface area contributed by atoms with E-state index in [0.717, 1.165) is 16.7 Å². The second kappa shape index (κ2) is 7.79. The first kappa shape index (κ1) is 19.1. The van der Waals surface area contributed by atoms with Crippen LogP contribution in [-0.4, -0.2) is 45.3 Å². The zero-order chi connectivity index (χ0) is 18.7. The summed E-state index contributed by atoms with van der Waals surface area (Å²) in [7, 11) is 1.30. The summed E-state index contributed by atoms with van der Waals surface area (Å²) < 4.78 is 4.86. The lowest BCUT2D eigenvalue weighted by Crippen LogP contribution is -2.47. The number of esters is 1. The number of benzene rings is 1. The van der Waals surface area contributed by atoms with Gasteiger partial charge >= 0.3 is 11.9 Å². The lowest BCUT2D eigenvalue weighted by atomic mass is 10.0. The Morgan fingerprint density at radius 1 is 1.28 bits per heavy atom. The minimum Gasteiger partial charge on any atom is -0.480 e. The summed E-state index contributed by atoms with van der Waals surface area (Å²) in [5, 5.41) is 9.40. The standard InChI is InChI=1S/C17H17NO5S2/c1-9(2)13(15(20)21)18-14(19)12(25-17(18)24)8-10-4-6-11(7-5-10)16(22)23-3/h4-9,13H,1-3H3,(H,20,21)/b12-8-/t13-/m0/s1. The molecule has 0 spiro atoms. The molecular formula is C17H17NO5S2. The van der Waals surface area contributed by atoms with Crippen LogP contribution >= 0.6 is 24.0 Å². The van der Waals surface area contributed by atoms with Gasteiger partial charge in [-0.05, 0) is 29.7 Å². The van der Waals surface area contributed by atoms with E-state index in [1.54, 1.807) is 44.2 Å². The zero-order valence-electron chi connectivity index (χ0n) is 13.9. The average Bonchev–Trinajstić information content (AvgIpc) is 2.82. The number of thiocarbonyl (C=S) groups is 1. The number of methoxy groups -OCH3 is 1. The van der Waals surface area contributed by atoms with Crippen LogP contribution in [0.5, 0.6) is 0 Å². The molecule has 1 atom stereocenters. The van der Waals surface area contributed by atoms with Crippen molar-refractivity contribution in [2.24, 2.45) is 5.92 Å². The number of thioether (sulfide) groups is 1. The molecule has 1 N–H and O–H groups in total. The second-order valence-corrected chi connectivity index (χ2v) is 7.37. The van der Waals surface area contributed by atoms with Gasteiger partial charge in [-0.25, -0.2) is 9.59 Å². The number of carbonyl (C=O) groups excluding carboxylic acids is 2. The summed E-state index contributed by atoms with van der Waals surface area (Å²) in [4.78, 5) is 37.0. The molecule has 0 radical (unpaired) electrons. The Hall–Kier alpha value is -2.19. The molecule has 1 heterocycles. The van der Waals surface area contributed by atoms with E-state index in [2.05, 4.69) is 4.74 Å². The first-order valence-electron chi connectivity index (χ1n) is 7.44. The average molecular weight is 379 g/mol. The van der Waals surface area contributed by atoms with Crippen molar-refractivity contribution in [1.29, 1.82) is 0 Å². The van der Waals surface area contributed by atoms with Crippen LogP contribution in [0.2, 0.25) is 0 Å². The molecule has 2 rings (SSSR count). The van der Waals surface area contributed by atoms with Crippen LogP contribution in [0.15, 0.2) is 29.2 Å². The molecule has 1 aliphatic rings. The van der Waals surface area contributed by atoms with Gasteiger partial charge in [-0.2, -0.15) is 0 Å². The largest absolute Gasteiger partial charge is 0.480 e. The van der Waals surface area contributed by atoms with Crippen molar-refractivity contribution >= 4 is 52.2 Å². The number of nitrogens with zero attached hydrogens (tertiary/aromatic N) is 1. The quantitative estimate of drug-likeness (QED) is 0.478. The Bertz CT molecular complexity index is 755. The van der Waals surface area contributed by atoms with E-state index in [9.17, 15) is 19.5 Å². The van der Waals surface area contributed by atoms with Crippen LogP contribution in [0.25, 0.3) is 6.08 Å². The fraction of sp³-hybridized carbons (Fsp3) is 0.294. The highest BCUT2D eigenvalue weighted by molar-refractivity contribution is 8.26. The van der Waals surface area contributed by atoms with E-state index in [4.69, 9.17) is 12.2 Å². The van der Waals surface area contributed by atoms with Crippen LogP contribution in [0, 0.1) is 5.92 Å². The monoisotopic (exact) mass is 379 g/mol. The van der Waals surface area contributed by atoms with Crippen molar-refractivity contribution in [2.45, 2.75) is 19.9 Å². The number of carboxylic acids is 1. The van der Waals surface area contributed by atoms with Gasteiger partial charge in [-0.15, -0.1) is 0 Å². The molecule has 132 valence electrons. The minimum atomic E-state index is -1.09. The third-order valence-corrected chi connectivity index (χ3v) is 4.95. The van der Waals surface area contributed by atoms with Crippen LogP contribution < -0.4 is 0 Å². The predicted octanol–water partition coefficient (Wildman–Crippen LogP) is 2.78. The van der Waals surface area contributed by atoms with E-state index in [1.807, 2.05) is 0 Å². The number of ether oxygens (including phenoxy) is 1. The van der Waals surface area contributed by atoms with E-state index >= 15 is 0 Å². The van der Waals surface area contributed by atoms with E-state index < -0.39 is 23.9 Å². The van der Waals surface area contributed by atoms with Gasteiger partial charge in [-0.1, -0.05) is 50.0 Å². The van der Waals surface area contributed by atoms with Crippen LogP contribution in [-0.2, 0) is 14.3 Å². The summed E-state index contributed by atoms with van der Waals surface area (Å²) in [5.41, 5.74) is 1.10. The van der Waals surface area contributed by atoms with Crippen molar-refractivity contribution in [1.82, 2.24) is 4.90 Å². The summed E-state index contributed by atoms with van der Waals surface area (Å²) in [6.45, 7) is 3.46. The SMILES string of the molecule is COC(=O)c1ccc(/C=C2\SC(=S)N([C@H](C(=O)O)C(C)C)C2=O)cc1. The Labute approximate surface area is 154 Å². The molecule has 0 unspecified atom stereocenters. The van der Waals surface area contributed by atoms with Gasteiger partial charge in [-0.3, -0.25) is 9.69 Å². The molecule has 0 aliphatic carbocycles. The molecule has 1 amide bonds. The maximum Gasteiger partial charge on any atom is 0.337 e. The molecule has 0 saturated carbocycles. The fourth-order valence-electron chi connectivity index (χ4n) is 2.40. The first-order valence-corrected chi connectivity index (χ1v) is 8.67. The Morgan fingerprint density at radius 3 is 2.36 bits per heavy atom. The van der Waals surface area contributed by atoms with Gasteiger partial charge in [0, 0.05) is 0 Å². The molecule has 8 heteroatoms. The van der Waals surface area contributed by atoms with Crippen LogP contribution in [0.3, 0.4) is 0 Å². The van der Waals surface area contributed by atoms with Gasteiger partial charge in [0.1, 0.15) is 10.4 Å². The first-order chi connectivity index (χ1) is 11.8. The van der Waals surface area contributed by atoms with Crippen molar-refractivity contribution in [3.63, 3.8) is 0 Å². The van der Waals surface area contributed by atoms with Crippen molar-refractivity contribution in [2.75, 3.05) is 7.11 Å². The number of hydrogen-bond acceptors (Lipinski definition) is 6. The number of aliphatic carboxylic acids is 1. The summed E-state index contributed by atoms with van der Waals surface area (Å²) in [6.07, 6.45) is 1.62. The number of hydrogen-bond donors (Lipinski definition) is 1. The Balaban J connectivity index is 2.28. The van der Waals surface area contributed by atoms with E-state index in [-0.39, 0.29) is 10.2 Å². The van der Waals surface area contributed by atoms with Gasteiger partial charge in [0.05, 0.1) is 17.6 Å². The summed E-state index contributed by atoms with van der Waals surface area (Å²) >= 11 is 6.27. The lowest BCUT2D eigenvalue weighted by Gasteiger charge is -2.26. The van der Waals surface area contributed by atoms with Gasteiger partial charge in [0.15, 0.2) is 0 Å². The topological polar surface area (TPSA) is 83.9 Å². The molecule has 1 saturated heterocycles. The highest BCUT2D eigenvalue weighted by Crippen LogP contribution is 2.35. The molecule has 0 bridgehead atoms. The Morgan fingerprint density at radius 2 is 1.88 bits per heavy atom. The van der Waals surface area contributed by atoms with Crippen LogP contribution in [0.4, 0.5) is 0 Å². The van der Waals surface area contributed by atoms with Crippen LogP contribution in [0.1, 0.15) is 29.8 Å². The van der Waals surface area contributed by atoms with Gasteiger partial charge in [0.25, 0.3) is 5.91 Å². The Kier molecular flexibility index (Phi) is 5.97. The highest BCUT2D eigenvalue weighted by Gasteiger charge is 2.41. The number of amides is 1. The molecule has 1 aromatic rings. The molecule has 1 fully saturated rings. The molecular weight excluding hydrogens is 362 g/mol. The third kappa shape index (κ3) is 4.08. The lowest BCUT2D eigenvalue weighted by molar-refractivity contribution is -0.146. The number of rotatable bonds is 5. The fourth-order valence-corrected chi connectivity index (χ4v) is 3.73. The maximum atomic E-state index is 12.6. The normalized spacial score (nSPS) is 17.3. The highest BCUT2D eigenvalue weighted by atomic mass is 32.2. The van der Waals surface area contributed by atoms with E-state index in [0.29, 0.717) is 16.0 Å². The summed E-state index contributed by atoms with van der Waals surface area (Å²) in [6, 6.07) is 5.53. The molecule has 0 aromatic heterocycles. The molecule has 1 aromatic carbocycles. The number of carbonyl (C=O) groups is 3. The van der Waals surface area contributed by atoms with E-state index in [1.165, 1.54) is 7.11 Å². The number of carboxylic acid groups (broad SMARTS) is 1. The van der Waals surface area contributed by atoms with Gasteiger partial charge in [0.2, 0.25) is 0 Å². The smallest absolute Gasteiger partial charge is 0.337 e. The maximum absolute atomic E-state index is 12.6. The zero-order valence-corrected chi connectivity index (χ0v) is 15.5. The summed E-state index contributed by atoms with van der Waals surface area (Å²) in [5.74, 6) is -2.24. The third-order valence-electron chi connectivity index (χ3n) is 3.62. The predicted molar refractivity (Wildman–Crippen MR) is 99.1 cm³/mol. The van der Waals surface area contributed by atoms with Gasteiger partial charge < -0.3 is 9.84 Å². The molecule has 6 nitrogen and oxygen atoms in total. The van der Waals surface area contributed by atoms with Crippen molar-refractivity contribution in [3.05, 3.63) is 40.3 Å². The minimum absolute atomic E-state index is 0.225. The second-order valence-electron chi connectivity index (χ2n) is 5.69. The van der Waals surface area contributed by atoms with Crippen molar-refractivity contribution in [3.8, 4) is 0 Å².